The molecule has 1 N–H and O–H groups in total. The van der Waals surface area contributed by atoms with Gasteiger partial charge in [-0.2, -0.15) is 0 Å². The molecule has 0 radical (unpaired) electrons. The van der Waals surface area contributed by atoms with Crippen LogP contribution in [0.5, 0.6) is 0 Å². The number of anilines is 1. The molecule has 0 aromatic carbocycles. The van der Waals surface area contributed by atoms with Gasteiger partial charge in [0.1, 0.15) is 5.01 Å². The Morgan fingerprint density at radius 1 is 1.37 bits per heavy atom. The molecular formula is C13H21N5S. The summed E-state index contributed by atoms with van der Waals surface area (Å²) < 4.78 is 2.10. The normalized spacial score (nSPS) is 12.7. The smallest absolute Gasteiger partial charge is 0.204 e. The topological polar surface area (TPSA) is 46.0 Å². The van der Waals surface area contributed by atoms with Gasteiger partial charge in [0, 0.05) is 38.8 Å². The van der Waals surface area contributed by atoms with Crippen LogP contribution in [0.1, 0.15) is 28.5 Å². The summed E-state index contributed by atoms with van der Waals surface area (Å²) in [5.74, 6) is 0.967. The predicted octanol–water partition coefficient (Wildman–Crippen LogP) is 2.10. The van der Waals surface area contributed by atoms with Crippen LogP contribution >= 0.6 is 11.3 Å². The first-order chi connectivity index (χ1) is 8.99. The van der Waals surface area contributed by atoms with Gasteiger partial charge < -0.3 is 14.8 Å². The zero-order valence-electron chi connectivity index (χ0n) is 12.1. The molecule has 0 saturated carbocycles. The molecule has 2 rings (SSSR count). The number of hydrogen-bond donors (Lipinski definition) is 1. The third-order valence-electron chi connectivity index (χ3n) is 3.06. The molecule has 2 aromatic heterocycles. The Balaban J connectivity index is 1.99. The quantitative estimate of drug-likeness (QED) is 0.910. The molecular weight excluding hydrogens is 258 g/mol. The highest BCUT2D eigenvalue weighted by atomic mass is 32.1. The molecule has 0 aliphatic carbocycles. The number of thiazole rings is 1. The third kappa shape index (κ3) is 3.13. The highest BCUT2D eigenvalue weighted by Crippen LogP contribution is 2.19. The average molecular weight is 279 g/mol. The lowest BCUT2D eigenvalue weighted by atomic mass is 10.3. The standard InChI is InChI=1S/C13H21N5S/c1-9-6-15-12(19-9)10(2)14-7-11-8-16-13(17(3)4)18(11)5/h6,8,10,14H,7H2,1-5H3. The van der Waals surface area contributed by atoms with Crippen molar-refractivity contribution in [1.82, 2.24) is 19.9 Å². The molecule has 0 spiro atoms. The van der Waals surface area contributed by atoms with E-state index in [4.69, 9.17) is 0 Å². The Morgan fingerprint density at radius 3 is 2.63 bits per heavy atom. The molecule has 1 atom stereocenters. The van der Waals surface area contributed by atoms with Gasteiger partial charge in [-0.1, -0.05) is 0 Å². The summed E-state index contributed by atoms with van der Waals surface area (Å²) in [5.41, 5.74) is 1.17. The van der Waals surface area contributed by atoms with Gasteiger partial charge in [0.25, 0.3) is 0 Å². The Morgan fingerprint density at radius 2 is 2.11 bits per heavy atom. The fourth-order valence-corrected chi connectivity index (χ4v) is 2.73. The van der Waals surface area contributed by atoms with E-state index in [2.05, 4.69) is 33.7 Å². The maximum Gasteiger partial charge on any atom is 0.204 e. The van der Waals surface area contributed by atoms with Crippen LogP contribution < -0.4 is 10.2 Å². The van der Waals surface area contributed by atoms with Gasteiger partial charge in [-0.25, -0.2) is 9.97 Å². The van der Waals surface area contributed by atoms with Gasteiger partial charge in [-0.3, -0.25) is 0 Å². The lowest BCUT2D eigenvalue weighted by Gasteiger charge is -2.14. The fourth-order valence-electron chi connectivity index (χ4n) is 1.93. The predicted molar refractivity (Wildman–Crippen MR) is 79.6 cm³/mol. The Bertz CT molecular complexity index is 543. The lowest BCUT2D eigenvalue weighted by molar-refractivity contribution is 0.555. The van der Waals surface area contributed by atoms with Crippen molar-refractivity contribution in [2.45, 2.75) is 26.4 Å². The highest BCUT2D eigenvalue weighted by molar-refractivity contribution is 7.11. The van der Waals surface area contributed by atoms with E-state index in [1.807, 2.05) is 38.4 Å². The molecule has 0 amide bonds. The van der Waals surface area contributed by atoms with E-state index in [1.165, 1.54) is 10.6 Å². The van der Waals surface area contributed by atoms with Gasteiger partial charge in [-0.05, 0) is 13.8 Å². The first-order valence-corrected chi connectivity index (χ1v) is 7.14. The van der Waals surface area contributed by atoms with Crippen molar-refractivity contribution >= 4 is 17.3 Å². The molecule has 2 aromatic rings. The second-order valence-electron chi connectivity index (χ2n) is 4.91. The zero-order valence-corrected chi connectivity index (χ0v) is 13.0. The summed E-state index contributed by atoms with van der Waals surface area (Å²) in [7, 11) is 6.04. The molecule has 2 heterocycles. The number of aromatic nitrogens is 3. The summed E-state index contributed by atoms with van der Waals surface area (Å²) in [4.78, 5) is 12.1. The first kappa shape index (κ1) is 14.0. The second kappa shape index (κ2) is 5.71. The zero-order chi connectivity index (χ0) is 14.0. The minimum absolute atomic E-state index is 0.261. The Hall–Kier alpha value is -1.40. The minimum Gasteiger partial charge on any atom is -0.348 e. The third-order valence-corrected chi connectivity index (χ3v) is 4.15. The molecule has 19 heavy (non-hydrogen) atoms. The number of rotatable bonds is 5. The fraction of sp³-hybridized carbons (Fsp3) is 0.538. The van der Waals surface area contributed by atoms with Crippen LogP contribution in [0.15, 0.2) is 12.4 Å². The molecule has 1 unspecified atom stereocenters. The Kier molecular flexibility index (Phi) is 4.21. The van der Waals surface area contributed by atoms with Crippen LogP contribution in [0.3, 0.4) is 0 Å². The lowest BCUT2D eigenvalue weighted by Crippen LogP contribution is -2.20. The monoisotopic (exact) mass is 279 g/mol. The number of nitrogens with one attached hydrogen (secondary N) is 1. The van der Waals surface area contributed by atoms with Gasteiger partial charge in [0.05, 0.1) is 17.9 Å². The van der Waals surface area contributed by atoms with Crippen LogP contribution in [0.2, 0.25) is 0 Å². The van der Waals surface area contributed by atoms with Crippen molar-refractivity contribution in [3.8, 4) is 0 Å². The summed E-state index contributed by atoms with van der Waals surface area (Å²) in [6, 6.07) is 0.261. The van der Waals surface area contributed by atoms with E-state index in [-0.39, 0.29) is 6.04 Å². The van der Waals surface area contributed by atoms with Crippen molar-refractivity contribution in [2.24, 2.45) is 7.05 Å². The number of aryl methyl sites for hydroxylation is 1. The van der Waals surface area contributed by atoms with E-state index in [0.717, 1.165) is 17.5 Å². The van der Waals surface area contributed by atoms with E-state index in [0.29, 0.717) is 0 Å². The van der Waals surface area contributed by atoms with Crippen LogP contribution in [0.25, 0.3) is 0 Å². The van der Waals surface area contributed by atoms with Crippen LogP contribution in [-0.4, -0.2) is 28.6 Å². The van der Waals surface area contributed by atoms with Crippen molar-refractivity contribution in [3.05, 3.63) is 28.0 Å². The average Bonchev–Trinajstić information content (AvgIpc) is 2.93. The van der Waals surface area contributed by atoms with E-state index < -0.39 is 0 Å². The summed E-state index contributed by atoms with van der Waals surface area (Å²) >= 11 is 1.74. The highest BCUT2D eigenvalue weighted by Gasteiger charge is 2.12. The SMILES string of the molecule is Cc1cnc(C(C)NCc2cnc(N(C)C)n2C)s1. The maximum absolute atomic E-state index is 4.41. The molecule has 6 heteroatoms. The molecule has 104 valence electrons. The number of nitrogens with zero attached hydrogens (tertiary/aromatic N) is 4. The van der Waals surface area contributed by atoms with Gasteiger partial charge in [0.15, 0.2) is 0 Å². The van der Waals surface area contributed by atoms with Crippen LogP contribution in [-0.2, 0) is 13.6 Å². The second-order valence-corrected chi connectivity index (χ2v) is 6.18. The van der Waals surface area contributed by atoms with Crippen LogP contribution in [0, 0.1) is 6.92 Å². The van der Waals surface area contributed by atoms with Crippen molar-refractivity contribution in [3.63, 3.8) is 0 Å². The minimum atomic E-state index is 0.261. The molecule has 0 saturated heterocycles. The summed E-state index contributed by atoms with van der Waals surface area (Å²) in [6.45, 7) is 5.01. The maximum atomic E-state index is 4.41. The molecule has 0 aliphatic heterocycles. The molecule has 0 bridgehead atoms. The Labute approximate surface area is 118 Å². The first-order valence-electron chi connectivity index (χ1n) is 6.32. The van der Waals surface area contributed by atoms with Crippen molar-refractivity contribution in [2.75, 3.05) is 19.0 Å². The van der Waals surface area contributed by atoms with Crippen molar-refractivity contribution in [1.29, 1.82) is 0 Å². The largest absolute Gasteiger partial charge is 0.348 e. The van der Waals surface area contributed by atoms with E-state index >= 15 is 0 Å². The van der Waals surface area contributed by atoms with Crippen molar-refractivity contribution < 1.29 is 0 Å². The van der Waals surface area contributed by atoms with Crippen LogP contribution in [0.4, 0.5) is 5.95 Å². The number of imidazole rings is 1. The summed E-state index contributed by atoms with van der Waals surface area (Å²) in [5, 5.41) is 4.62. The van der Waals surface area contributed by atoms with Gasteiger partial charge >= 0.3 is 0 Å². The number of hydrogen-bond acceptors (Lipinski definition) is 5. The molecule has 0 fully saturated rings. The summed E-state index contributed by atoms with van der Waals surface area (Å²) in [6.07, 6.45) is 3.84. The molecule has 0 aliphatic rings. The van der Waals surface area contributed by atoms with Gasteiger partial charge in [0.2, 0.25) is 5.95 Å². The van der Waals surface area contributed by atoms with E-state index in [1.54, 1.807) is 11.3 Å². The van der Waals surface area contributed by atoms with Gasteiger partial charge in [-0.15, -0.1) is 11.3 Å². The molecule has 5 nitrogen and oxygen atoms in total. The van der Waals surface area contributed by atoms with E-state index in [9.17, 15) is 0 Å².